The molecule has 0 aromatic carbocycles. The molecule has 0 amide bonds. The van der Waals surface area contributed by atoms with Gasteiger partial charge in [-0.25, -0.2) is 0 Å². The minimum Gasteiger partial charge on any atom is -0.323 e. The predicted octanol–water partition coefficient (Wildman–Crippen LogP) is 3.71. The van der Waals surface area contributed by atoms with Crippen molar-refractivity contribution in [2.45, 2.75) is 12.5 Å². The third kappa shape index (κ3) is 2.36. The molecule has 0 fully saturated rings. The van der Waals surface area contributed by atoms with E-state index >= 15 is 0 Å². The monoisotopic (exact) mass is 243 g/mol. The Morgan fingerprint density at radius 2 is 2.21 bits per heavy atom. The summed E-state index contributed by atoms with van der Waals surface area (Å²) in [5, 5.41) is 2.05. The van der Waals surface area contributed by atoms with Gasteiger partial charge in [0.05, 0.1) is 4.34 Å². The van der Waals surface area contributed by atoms with Crippen LogP contribution in [0.25, 0.3) is 0 Å². The summed E-state index contributed by atoms with van der Waals surface area (Å²) < 4.78 is 0.832. The van der Waals surface area contributed by atoms with E-state index in [-0.39, 0.29) is 6.04 Å². The quantitative estimate of drug-likeness (QED) is 0.874. The minimum atomic E-state index is 0.102. The van der Waals surface area contributed by atoms with Crippen LogP contribution in [0.15, 0.2) is 29.6 Å². The number of hydrogen-bond donors (Lipinski definition) is 1. The minimum absolute atomic E-state index is 0.102. The van der Waals surface area contributed by atoms with Crippen LogP contribution in [0.5, 0.6) is 0 Å². The van der Waals surface area contributed by atoms with Crippen LogP contribution in [0.4, 0.5) is 0 Å². The van der Waals surface area contributed by atoms with Crippen molar-refractivity contribution in [2.24, 2.45) is 5.73 Å². The highest BCUT2D eigenvalue weighted by atomic mass is 35.5. The average Bonchev–Trinajstić information content (AvgIpc) is 2.75. The molecule has 2 aromatic rings. The Kier molecular flexibility index (Phi) is 3.23. The molecular formula is C10H10ClNS2. The maximum absolute atomic E-state index is 6.05. The molecule has 14 heavy (non-hydrogen) atoms. The molecule has 2 heterocycles. The number of halogens is 1. The second kappa shape index (κ2) is 4.45. The van der Waals surface area contributed by atoms with Crippen molar-refractivity contribution in [1.82, 2.24) is 0 Å². The summed E-state index contributed by atoms with van der Waals surface area (Å²) in [6, 6.07) is 8.17. The molecule has 0 spiro atoms. The second-order valence-electron chi connectivity index (χ2n) is 3.03. The van der Waals surface area contributed by atoms with Crippen LogP contribution in [0, 0.1) is 0 Å². The molecule has 1 atom stereocenters. The summed E-state index contributed by atoms with van der Waals surface area (Å²) in [6.07, 6.45) is 0.873. The van der Waals surface area contributed by atoms with Crippen LogP contribution in [-0.4, -0.2) is 0 Å². The first kappa shape index (κ1) is 10.2. The van der Waals surface area contributed by atoms with Crippen molar-refractivity contribution in [3.8, 4) is 0 Å². The largest absolute Gasteiger partial charge is 0.323 e. The van der Waals surface area contributed by atoms with Gasteiger partial charge in [0.15, 0.2) is 0 Å². The van der Waals surface area contributed by atoms with Gasteiger partial charge in [-0.05, 0) is 23.6 Å². The fourth-order valence-corrected chi connectivity index (χ4v) is 3.16. The third-order valence-corrected chi connectivity index (χ3v) is 4.22. The van der Waals surface area contributed by atoms with Gasteiger partial charge in [-0.15, -0.1) is 22.7 Å². The lowest BCUT2D eigenvalue weighted by atomic mass is 10.1. The Labute approximate surface area is 96.1 Å². The lowest BCUT2D eigenvalue weighted by Gasteiger charge is -2.06. The van der Waals surface area contributed by atoms with E-state index < -0.39 is 0 Å². The van der Waals surface area contributed by atoms with Crippen molar-refractivity contribution < 1.29 is 0 Å². The summed E-state index contributed by atoms with van der Waals surface area (Å²) in [4.78, 5) is 2.48. The lowest BCUT2D eigenvalue weighted by Crippen LogP contribution is -2.10. The summed E-state index contributed by atoms with van der Waals surface area (Å²) in [5.41, 5.74) is 6.05. The van der Waals surface area contributed by atoms with Crippen molar-refractivity contribution >= 4 is 34.3 Å². The smallest absolute Gasteiger partial charge is 0.0931 e. The van der Waals surface area contributed by atoms with E-state index in [2.05, 4.69) is 11.4 Å². The molecule has 2 N–H and O–H groups in total. The second-order valence-corrected chi connectivity index (χ2v) is 5.81. The standard InChI is InChI=1S/C10H10ClNS2/c11-10-4-3-7(14-10)6-8(12)9-2-1-5-13-9/h1-5,8H,6,12H2. The first-order valence-corrected chi connectivity index (χ1v) is 6.36. The normalized spacial score (nSPS) is 13.0. The Bertz CT molecular complexity index is 394. The first-order chi connectivity index (χ1) is 6.75. The van der Waals surface area contributed by atoms with Gasteiger partial charge in [0.25, 0.3) is 0 Å². The molecule has 1 nitrogen and oxygen atoms in total. The zero-order chi connectivity index (χ0) is 9.97. The zero-order valence-corrected chi connectivity index (χ0v) is 9.83. The van der Waals surface area contributed by atoms with E-state index in [0.29, 0.717) is 0 Å². The van der Waals surface area contributed by atoms with Gasteiger partial charge >= 0.3 is 0 Å². The van der Waals surface area contributed by atoms with Crippen molar-refractivity contribution in [1.29, 1.82) is 0 Å². The molecule has 4 heteroatoms. The molecule has 2 rings (SSSR count). The van der Waals surface area contributed by atoms with Gasteiger partial charge < -0.3 is 5.73 Å². The van der Waals surface area contributed by atoms with Crippen LogP contribution in [0.1, 0.15) is 15.8 Å². The Morgan fingerprint density at radius 1 is 1.36 bits per heavy atom. The van der Waals surface area contributed by atoms with Crippen molar-refractivity contribution in [2.75, 3.05) is 0 Å². The SMILES string of the molecule is NC(Cc1ccc(Cl)s1)c1cccs1. The molecule has 0 saturated carbocycles. The van der Waals surface area contributed by atoms with Gasteiger partial charge in [0.1, 0.15) is 0 Å². The van der Waals surface area contributed by atoms with Crippen LogP contribution < -0.4 is 5.73 Å². The van der Waals surface area contributed by atoms with Gasteiger partial charge in [0, 0.05) is 22.2 Å². The molecule has 0 saturated heterocycles. The van der Waals surface area contributed by atoms with E-state index in [1.807, 2.05) is 18.2 Å². The first-order valence-electron chi connectivity index (χ1n) is 4.29. The molecule has 2 aromatic heterocycles. The van der Waals surface area contributed by atoms with Gasteiger partial charge in [-0.1, -0.05) is 17.7 Å². The van der Waals surface area contributed by atoms with E-state index in [0.717, 1.165) is 10.8 Å². The highest BCUT2D eigenvalue weighted by molar-refractivity contribution is 7.16. The maximum atomic E-state index is 6.05. The average molecular weight is 244 g/mol. The molecule has 74 valence electrons. The lowest BCUT2D eigenvalue weighted by molar-refractivity contribution is 0.745. The topological polar surface area (TPSA) is 26.0 Å². The van der Waals surface area contributed by atoms with Crippen molar-refractivity contribution in [3.05, 3.63) is 43.7 Å². The molecule has 0 radical (unpaired) electrons. The van der Waals surface area contributed by atoms with E-state index in [4.69, 9.17) is 17.3 Å². The Morgan fingerprint density at radius 3 is 2.79 bits per heavy atom. The van der Waals surface area contributed by atoms with Crippen molar-refractivity contribution in [3.63, 3.8) is 0 Å². The molecule has 0 aliphatic heterocycles. The van der Waals surface area contributed by atoms with Crippen LogP contribution >= 0.6 is 34.3 Å². The van der Waals surface area contributed by atoms with Crippen LogP contribution in [-0.2, 0) is 6.42 Å². The highest BCUT2D eigenvalue weighted by Crippen LogP contribution is 2.26. The zero-order valence-electron chi connectivity index (χ0n) is 7.44. The molecule has 1 unspecified atom stereocenters. The van der Waals surface area contributed by atoms with Gasteiger partial charge in [0.2, 0.25) is 0 Å². The third-order valence-electron chi connectivity index (χ3n) is 1.96. The summed E-state index contributed by atoms with van der Waals surface area (Å²) in [5.74, 6) is 0. The molecule has 0 aliphatic carbocycles. The summed E-state index contributed by atoms with van der Waals surface area (Å²) >= 11 is 9.16. The highest BCUT2D eigenvalue weighted by Gasteiger charge is 2.09. The molecular weight excluding hydrogens is 234 g/mol. The number of thiophene rings is 2. The Hall–Kier alpha value is -0.350. The number of rotatable bonds is 3. The summed E-state index contributed by atoms with van der Waals surface area (Å²) in [7, 11) is 0. The van der Waals surface area contributed by atoms with E-state index in [1.165, 1.54) is 9.75 Å². The summed E-state index contributed by atoms with van der Waals surface area (Å²) in [6.45, 7) is 0. The predicted molar refractivity (Wildman–Crippen MR) is 64.3 cm³/mol. The number of hydrogen-bond acceptors (Lipinski definition) is 3. The maximum Gasteiger partial charge on any atom is 0.0931 e. The molecule has 0 bridgehead atoms. The number of nitrogens with two attached hydrogens (primary N) is 1. The fraction of sp³-hybridized carbons (Fsp3) is 0.200. The Balaban J connectivity index is 2.05. The van der Waals surface area contributed by atoms with Crippen LogP contribution in [0.2, 0.25) is 4.34 Å². The van der Waals surface area contributed by atoms with E-state index in [1.54, 1.807) is 22.7 Å². The van der Waals surface area contributed by atoms with Crippen LogP contribution in [0.3, 0.4) is 0 Å². The van der Waals surface area contributed by atoms with E-state index in [9.17, 15) is 0 Å². The molecule has 0 aliphatic rings. The fourth-order valence-electron chi connectivity index (χ4n) is 1.28. The van der Waals surface area contributed by atoms with Gasteiger partial charge in [-0.3, -0.25) is 0 Å². The van der Waals surface area contributed by atoms with Gasteiger partial charge in [-0.2, -0.15) is 0 Å².